The van der Waals surface area contributed by atoms with Crippen molar-refractivity contribution in [3.8, 4) is 0 Å². The van der Waals surface area contributed by atoms with E-state index in [0.29, 0.717) is 12.0 Å². The predicted octanol–water partition coefficient (Wildman–Crippen LogP) is 3.58. The zero-order valence-corrected chi connectivity index (χ0v) is 16.3. The molecule has 1 aromatic rings. The Balaban J connectivity index is 1.59. The average Bonchev–Trinajstić information content (AvgIpc) is 2.79. The first kappa shape index (κ1) is 18.2. The van der Waals surface area contributed by atoms with Gasteiger partial charge in [-0.25, -0.2) is 0 Å². The van der Waals surface area contributed by atoms with Gasteiger partial charge in [0.1, 0.15) is 4.75 Å². The zero-order chi connectivity index (χ0) is 17.3. The van der Waals surface area contributed by atoms with Crippen molar-refractivity contribution in [1.29, 1.82) is 0 Å². The molecule has 1 saturated heterocycles. The molecule has 1 heterocycles. The molecule has 1 N–H and O–H groups in total. The molecule has 1 unspecified atom stereocenters. The Bertz CT molecular complexity index is 516. The van der Waals surface area contributed by atoms with Crippen molar-refractivity contribution in [3.63, 3.8) is 0 Å². The van der Waals surface area contributed by atoms with E-state index < -0.39 is 11.4 Å². The van der Waals surface area contributed by atoms with Crippen LogP contribution >= 0.6 is 0 Å². The smallest absolute Gasteiger partial charge is 0.136 e. The van der Waals surface area contributed by atoms with E-state index in [9.17, 15) is 4.55 Å². The van der Waals surface area contributed by atoms with Crippen LogP contribution in [0.2, 0.25) is 0 Å². The third-order valence-electron chi connectivity index (χ3n) is 5.66. The maximum atomic E-state index is 12.4. The second-order valence-electron chi connectivity index (χ2n) is 8.64. The Kier molecular flexibility index (Phi) is 5.60. The summed E-state index contributed by atoms with van der Waals surface area (Å²) in [6.45, 7) is 11.8. The van der Waals surface area contributed by atoms with Crippen molar-refractivity contribution in [1.82, 2.24) is 9.62 Å². The molecule has 1 aliphatic heterocycles. The van der Waals surface area contributed by atoms with Gasteiger partial charge in [0, 0.05) is 31.0 Å². The molecule has 0 radical (unpaired) electrons. The minimum Gasteiger partial charge on any atom is -0.598 e. The second-order valence-corrected chi connectivity index (χ2v) is 10.6. The molecule has 2 bridgehead atoms. The number of nitrogens with one attached hydrogen (secondary N) is 1. The Morgan fingerprint density at radius 2 is 1.75 bits per heavy atom. The summed E-state index contributed by atoms with van der Waals surface area (Å²) in [6.07, 6.45) is 2.66. The number of likely N-dealkylation sites (tertiary alicyclic amines) is 1. The highest BCUT2D eigenvalue weighted by molar-refractivity contribution is 7.90. The number of hydrogen-bond donors (Lipinski definition) is 1. The van der Waals surface area contributed by atoms with Crippen LogP contribution in [0.4, 0.5) is 0 Å². The highest BCUT2D eigenvalue weighted by Gasteiger charge is 2.45. The Hall–Kier alpha value is -0.550. The van der Waals surface area contributed by atoms with E-state index >= 15 is 0 Å². The predicted molar refractivity (Wildman–Crippen MR) is 102 cm³/mol. The van der Waals surface area contributed by atoms with Crippen LogP contribution in [0.1, 0.15) is 46.1 Å². The quantitative estimate of drug-likeness (QED) is 0.827. The molecule has 4 heteroatoms. The molecule has 3 rings (SSSR count). The lowest BCUT2D eigenvalue weighted by Gasteiger charge is -2.41. The van der Waals surface area contributed by atoms with E-state index in [4.69, 9.17) is 0 Å². The molecule has 0 aromatic heterocycles. The van der Waals surface area contributed by atoms with Gasteiger partial charge in [-0.3, -0.25) is 4.90 Å². The molecule has 24 heavy (non-hydrogen) atoms. The number of benzene rings is 1. The first-order chi connectivity index (χ1) is 11.3. The first-order valence-corrected chi connectivity index (χ1v) is 10.4. The summed E-state index contributed by atoms with van der Waals surface area (Å²) in [5, 5.41) is 0. The van der Waals surface area contributed by atoms with Crippen molar-refractivity contribution in [2.75, 3.05) is 13.1 Å². The minimum absolute atomic E-state index is 0.193. The third-order valence-corrected chi connectivity index (χ3v) is 7.36. The zero-order valence-electron chi connectivity index (χ0n) is 15.5. The van der Waals surface area contributed by atoms with Gasteiger partial charge in [0.2, 0.25) is 0 Å². The highest BCUT2D eigenvalue weighted by atomic mass is 32.2. The van der Waals surface area contributed by atoms with E-state index in [1.807, 2.05) is 20.8 Å². The Morgan fingerprint density at radius 1 is 1.17 bits per heavy atom. The molecule has 3 nitrogen and oxygen atoms in total. The second kappa shape index (κ2) is 7.36. The summed E-state index contributed by atoms with van der Waals surface area (Å²) in [5.41, 5.74) is 1.41. The fraction of sp³-hybridized carbons (Fsp3) is 0.700. The number of fused-ring (bicyclic) bond motifs is 2. The summed E-state index contributed by atoms with van der Waals surface area (Å²) in [5.74, 6) is 2.15. The van der Waals surface area contributed by atoms with Crippen LogP contribution in [0, 0.1) is 17.8 Å². The SMILES string of the molecule is C[C@H](N[S+]([O-])C(C)(C)C)[C@@H]1[C@@H]2CC[C@H]1CN(Cc1ccccc1)C2. The van der Waals surface area contributed by atoms with Crippen molar-refractivity contribution in [2.24, 2.45) is 17.8 Å². The lowest BCUT2D eigenvalue weighted by molar-refractivity contribution is 0.0877. The first-order valence-electron chi connectivity index (χ1n) is 9.29. The van der Waals surface area contributed by atoms with Crippen molar-refractivity contribution < 1.29 is 4.55 Å². The largest absolute Gasteiger partial charge is 0.598 e. The summed E-state index contributed by atoms with van der Waals surface area (Å²) in [4.78, 5) is 2.63. The number of hydrogen-bond acceptors (Lipinski definition) is 3. The van der Waals surface area contributed by atoms with Crippen LogP contribution in [0.5, 0.6) is 0 Å². The molecule has 2 fully saturated rings. The minimum atomic E-state index is -0.975. The van der Waals surface area contributed by atoms with E-state index in [1.165, 1.54) is 31.5 Å². The molecule has 1 aliphatic carbocycles. The van der Waals surface area contributed by atoms with Crippen LogP contribution in [-0.4, -0.2) is 33.3 Å². The fourth-order valence-corrected chi connectivity index (χ4v) is 5.42. The Labute approximate surface area is 150 Å². The molecule has 5 atom stereocenters. The molecule has 0 spiro atoms. The van der Waals surface area contributed by atoms with Crippen molar-refractivity contribution >= 4 is 11.4 Å². The Morgan fingerprint density at radius 3 is 2.29 bits per heavy atom. The van der Waals surface area contributed by atoms with Crippen LogP contribution in [-0.2, 0) is 17.9 Å². The maximum absolute atomic E-state index is 12.4. The van der Waals surface area contributed by atoms with E-state index in [-0.39, 0.29) is 4.75 Å². The van der Waals surface area contributed by atoms with Gasteiger partial charge < -0.3 is 4.55 Å². The lowest BCUT2D eigenvalue weighted by Crippen LogP contribution is -2.52. The van der Waals surface area contributed by atoms with Gasteiger partial charge in [0.05, 0.1) is 6.04 Å². The molecule has 0 amide bonds. The molecular weight excluding hydrogens is 316 g/mol. The van der Waals surface area contributed by atoms with Gasteiger partial charge >= 0.3 is 0 Å². The van der Waals surface area contributed by atoms with Gasteiger partial charge in [0.15, 0.2) is 0 Å². The highest BCUT2D eigenvalue weighted by Crippen LogP contribution is 2.44. The molecule has 134 valence electrons. The maximum Gasteiger partial charge on any atom is 0.136 e. The molecule has 1 saturated carbocycles. The van der Waals surface area contributed by atoms with Crippen molar-refractivity contribution in [2.45, 2.75) is 57.9 Å². The van der Waals surface area contributed by atoms with Gasteiger partial charge in [-0.05, 0) is 63.9 Å². The van der Waals surface area contributed by atoms with Crippen LogP contribution in [0.25, 0.3) is 0 Å². The van der Waals surface area contributed by atoms with E-state index in [2.05, 4.69) is 46.9 Å². The van der Waals surface area contributed by atoms with Crippen LogP contribution in [0.15, 0.2) is 30.3 Å². The van der Waals surface area contributed by atoms with E-state index in [1.54, 1.807) is 0 Å². The van der Waals surface area contributed by atoms with Gasteiger partial charge in [-0.15, -0.1) is 4.72 Å². The molecule has 1 aromatic carbocycles. The summed E-state index contributed by atoms with van der Waals surface area (Å²) < 4.78 is 15.7. The van der Waals surface area contributed by atoms with Crippen LogP contribution < -0.4 is 4.72 Å². The summed E-state index contributed by atoms with van der Waals surface area (Å²) in [7, 11) is 0. The number of nitrogens with zero attached hydrogens (tertiary/aromatic N) is 1. The average molecular weight is 349 g/mol. The van der Waals surface area contributed by atoms with Crippen LogP contribution in [0.3, 0.4) is 0 Å². The standard InChI is InChI=1S/C20H32N2OS/c1-15(21-24(23)20(2,3)4)19-17-10-11-18(19)14-22(13-17)12-16-8-6-5-7-9-16/h5-9,15,17-19,21H,10-14H2,1-4H3/t15-,17-,18+,19-,24?/m0/s1. The third kappa shape index (κ3) is 4.16. The number of rotatable bonds is 5. The topological polar surface area (TPSA) is 38.3 Å². The summed E-state index contributed by atoms with van der Waals surface area (Å²) in [6, 6.07) is 11.1. The normalized spacial score (nSPS) is 30.3. The summed E-state index contributed by atoms with van der Waals surface area (Å²) >= 11 is -0.975. The van der Waals surface area contributed by atoms with Gasteiger partial charge in [0.25, 0.3) is 0 Å². The lowest BCUT2D eigenvalue weighted by atomic mass is 9.80. The fourth-order valence-electron chi connectivity index (χ4n) is 4.57. The molecule has 2 aliphatic rings. The molecular formula is C20H32N2OS. The van der Waals surface area contributed by atoms with Crippen molar-refractivity contribution in [3.05, 3.63) is 35.9 Å². The number of piperidine rings is 1. The van der Waals surface area contributed by atoms with Gasteiger partial charge in [-0.1, -0.05) is 30.3 Å². The van der Waals surface area contributed by atoms with Gasteiger partial charge in [-0.2, -0.15) is 0 Å². The van der Waals surface area contributed by atoms with E-state index in [0.717, 1.165) is 18.4 Å². The monoisotopic (exact) mass is 348 g/mol.